The van der Waals surface area contributed by atoms with Crippen LogP contribution in [0.3, 0.4) is 0 Å². The number of non-ortho nitro benzene ring substituents is 1. The van der Waals surface area contributed by atoms with Gasteiger partial charge in [0, 0.05) is 12.1 Å². The lowest BCUT2D eigenvalue weighted by molar-refractivity contribution is -0.384. The highest BCUT2D eigenvalue weighted by Gasteiger charge is 2.07. The molecule has 5 heteroatoms. The SMILES string of the molecule is CCCCC(Br)Oc1ccc([N+](=O)[O-])cc1. The molecule has 0 N–H and O–H groups in total. The van der Waals surface area contributed by atoms with Gasteiger partial charge in [-0.1, -0.05) is 13.3 Å². The summed E-state index contributed by atoms with van der Waals surface area (Å²) in [5.74, 6) is 0.642. The third-order valence-electron chi connectivity index (χ3n) is 2.10. The van der Waals surface area contributed by atoms with Gasteiger partial charge in [-0.2, -0.15) is 0 Å². The molecule has 0 saturated carbocycles. The van der Waals surface area contributed by atoms with E-state index in [9.17, 15) is 10.1 Å². The number of alkyl halides is 1. The average molecular weight is 288 g/mol. The number of nitro groups is 1. The molecule has 0 aliphatic carbocycles. The number of nitro benzene ring substituents is 1. The first-order valence-electron chi connectivity index (χ1n) is 5.18. The van der Waals surface area contributed by atoms with Gasteiger partial charge in [-0.05, 0) is 40.9 Å². The fourth-order valence-corrected chi connectivity index (χ4v) is 1.76. The highest BCUT2D eigenvalue weighted by atomic mass is 79.9. The lowest BCUT2D eigenvalue weighted by Gasteiger charge is -2.12. The van der Waals surface area contributed by atoms with Crippen molar-refractivity contribution in [2.24, 2.45) is 0 Å². The Labute approximate surface area is 103 Å². The molecule has 1 rings (SSSR count). The number of rotatable bonds is 6. The van der Waals surface area contributed by atoms with Crippen LogP contribution in [0.25, 0.3) is 0 Å². The molecule has 1 unspecified atom stereocenters. The number of ether oxygens (including phenoxy) is 1. The van der Waals surface area contributed by atoms with E-state index in [4.69, 9.17) is 4.74 Å². The zero-order valence-electron chi connectivity index (χ0n) is 9.06. The highest BCUT2D eigenvalue weighted by Crippen LogP contribution is 2.21. The minimum Gasteiger partial charge on any atom is -0.479 e. The zero-order chi connectivity index (χ0) is 12.0. The van der Waals surface area contributed by atoms with Crippen molar-refractivity contribution in [3.63, 3.8) is 0 Å². The van der Waals surface area contributed by atoms with E-state index in [2.05, 4.69) is 22.9 Å². The van der Waals surface area contributed by atoms with Gasteiger partial charge < -0.3 is 4.74 Å². The lowest BCUT2D eigenvalue weighted by atomic mass is 10.2. The van der Waals surface area contributed by atoms with Crippen LogP contribution in [0.1, 0.15) is 26.2 Å². The van der Waals surface area contributed by atoms with E-state index < -0.39 is 4.92 Å². The fourth-order valence-electron chi connectivity index (χ4n) is 1.22. The molecule has 0 fully saturated rings. The standard InChI is InChI=1S/C11H14BrNO3/c1-2-3-4-11(12)16-10-7-5-9(6-8-10)13(14)15/h5-8,11H,2-4H2,1H3. The molecule has 0 aliphatic rings. The molecule has 0 radical (unpaired) electrons. The van der Waals surface area contributed by atoms with E-state index in [0.717, 1.165) is 19.3 Å². The van der Waals surface area contributed by atoms with Crippen molar-refractivity contribution in [1.82, 2.24) is 0 Å². The van der Waals surface area contributed by atoms with Crippen LogP contribution >= 0.6 is 15.9 Å². The summed E-state index contributed by atoms with van der Waals surface area (Å²) in [6.07, 6.45) is 3.13. The highest BCUT2D eigenvalue weighted by molar-refractivity contribution is 9.09. The quantitative estimate of drug-likeness (QED) is 0.453. The third-order valence-corrected chi connectivity index (χ3v) is 2.74. The van der Waals surface area contributed by atoms with Crippen molar-refractivity contribution in [3.8, 4) is 5.75 Å². The number of hydrogen-bond donors (Lipinski definition) is 0. The first-order valence-corrected chi connectivity index (χ1v) is 6.10. The van der Waals surface area contributed by atoms with E-state index in [0.29, 0.717) is 5.75 Å². The maximum atomic E-state index is 10.4. The molecular formula is C11H14BrNO3. The topological polar surface area (TPSA) is 52.4 Å². The van der Waals surface area contributed by atoms with Crippen LogP contribution < -0.4 is 4.74 Å². The maximum absolute atomic E-state index is 10.4. The summed E-state index contributed by atoms with van der Waals surface area (Å²) in [6.45, 7) is 2.12. The Bertz CT molecular complexity index is 340. The van der Waals surface area contributed by atoms with Crippen LogP contribution in [-0.4, -0.2) is 9.94 Å². The monoisotopic (exact) mass is 287 g/mol. The fraction of sp³-hybridized carbons (Fsp3) is 0.455. The molecule has 0 saturated heterocycles. The third kappa shape index (κ3) is 4.18. The number of halogens is 1. The first-order chi connectivity index (χ1) is 7.63. The molecule has 1 aromatic rings. The van der Waals surface area contributed by atoms with Crippen molar-refractivity contribution in [2.75, 3.05) is 0 Å². The van der Waals surface area contributed by atoms with Crippen LogP contribution in [0, 0.1) is 10.1 Å². The second-order valence-corrected chi connectivity index (χ2v) is 4.44. The first kappa shape index (κ1) is 13.0. The summed E-state index contributed by atoms with van der Waals surface area (Å²) in [5.41, 5.74) is 0.0760. The predicted molar refractivity (Wildman–Crippen MR) is 66.0 cm³/mol. The van der Waals surface area contributed by atoms with Gasteiger partial charge in [-0.15, -0.1) is 0 Å². The molecule has 16 heavy (non-hydrogen) atoms. The van der Waals surface area contributed by atoms with Gasteiger partial charge in [-0.25, -0.2) is 0 Å². The van der Waals surface area contributed by atoms with Gasteiger partial charge in [0.15, 0.2) is 5.01 Å². The average Bonchev–Trinajstić information content (AvgIpc) is 2.27. The van der Waals surface area contributed by atoms with Crippen LogP contribution in [0.15, 0.2) is 24.3 Å². The second-order valence-electron chi connectivity index (χ2n) is 3.42. The van der Waals surface area contributed by atoms with E-state index >= 15 is 0 Å². The Morgan fingerprint density at radius 2 is 2.06 bits per heavy atom. The molecule has 1 aromatic carbocycles. The van der Waals surface area contributed by atoms with Gasteiger partial charge in [0.2, 0.25) is 0 Å². The molecule has 0 spiro atoms. The summed E-state index contributed by atoms with van der Waals surface area (Å²) in [4.78, 5) is 10.0. The number of unbranched alkanes of at least 4 members (excludes halogenated alkanes) is 1. The van der Waals surface area contributed by atoms with Crippen LogP contribution in [0.4, 0.5) is 5.69 Å². The Hall–Kier alpha value is -1.10. The largest absolute Gasteiger partial charge is 0.479 e. The van der Waals surface area contributed by atoms with E-state index in [1.807, 2.05) is 0 Å². The Kier molecular flexibility index (Phi) is 5.25. The minimum absolute atomic E-state index is 0.0334. The molecular weight excluding hydrogens is 274 g/mol. The van der Waals surface area contributed by atoms with Gasteiger partial charge >= 0.3 is 0 Å². The molecule has 0 bridgehead atoms. The van der Waals surface area contributed by atoms with Gasteiger partial charge in [0.05, 0.1) is 4.92 Å². The van der Waals surface area contributed by atoms with Crippen LogP contribution in [0.2, 0.25) is 0 Å². The summed E-state index contributed by atoms with van der Waals surface area (Å²) >= 11 is 3.41. The maximum Gasteiger partial charge on any atom is 0.269 e. The second kappa shape index (κ2) is 6.48. The molecule has 1 atom stereocenters. The predicted octanol–water partition coefficient (Wildman–Crippen LogP) is 3.88. The van der Waals surface area contributed by atoms with Crippen LogP contribution in [-0.2, 0) is 0 Å². The molecule has 4 nitrogen and oxygen atoms in total. The van der Waals surface area contributed by atoms with E-state index in [1.165, 1.54) is 12.1 Å². The summed E-state index contributed by atoms with van der Waals surface area (Å²) in [7, 11) is 0. The van der Waals surface area contributed by atoms with Crippen molar-refractivity contribution in [2.45, 2.75) is 31.2 Å². The number of hydrogen-bond acceptors (Lipinski definition) is 3. The number of benzene rings is 1. The van der Waals surface area contributed by atoms with Gasteiger partial charge in [-0.3, -0.25) is 10.1 Å². The molecule has 0 aromatic heterocycles. The van der Waals surface area contributed by atoms with Crippen molar-refractivity contribution in [1.29, 1.82) is 0 Å². The van der Waals surface area contributed by atoms with E-state index in [1.54, 1.807) is 12.1 Å². The minimum atomic E-state index is -0.424. The Morgan fingerprint density at radius 3 is 2.56 bits per heavy atom. The summed E-state index contributed by atoms with van der Waals surface area (Å²) in [5, 5.41) is 10.4. The molecule has 0 heterocycles. The molecule has 0 amide bonds. The van der Waals surface area contributed by atoms with E-state index in [-0.39, 0.29) is 10.7 Å². The Morgan fingerprint density at radius 1 is 1.44 bits per heavy atom. The lowest BCUT2D eigenvalue weighted by Crippen LogP contribution is -2.07. The van der Waals surface area contributed by atoms with Gasteiger partial charge in [0.1, 0.15) is 5.75 Å². The zero-order valence-corrected chi connectivity index (χ0v) is 10.6. The van der Waals surface area contributed by atoms with Crippen LogP contribution in [0.5, 0.6) is 5.75 Å². The van der Waals surface area contributed by atoms with Gasteiger partial charge in [0.25, 0.3) is 5.69 Å². The molecule has 0 aliphatic heterocycles. The normalized spacial score (nSPS) is 12.1. The van der Waals surface area contributed by atoms with Crippen molar-refractivity contribution < 1.29 is 9.66 Å². The smallest absolute Gasteiger partial charge is 0.269 e. The Balaban J connectivity index is 2.51. The summed E-state index contributed by atoms with van der Waals surface area (Å²) < 4.78 is 5.55. The van der Waals surface area contributed by atoms with Crippen molar-refractivity contribution >= 4 is 21.6 Å². The summed E-state index contributed by atoms with van der Waals surface area (Å²) in [6, 6.07) is 6.10. The molecule has 88 valence electrons. The number of nitrogens with zero attached hydrogens (tertiary/aromatic N) is 1. The van der Waals surface area contributed by atoms with Crippen molar-refractivity contribution in [3.05, 3.63) is 34.4 Å².